The molecule has 5 nitrogen and oxygen atoms in total. The summed E-state index contributed by atoms with van der Waals surface area (Å²) in [4.78, 5) is 12.7. The fourth-order valence-electron chi connectivity index (χ4n) is 2.86. The van der Waals surface area contributed by atoms with Gasteiger partial charge in [-0.05, 0) is 55.7 Å². The molecule has 0 radical (unpaired) electrons. The van der Waals surface area contributed by atoms with E-state index in [1.54, 1.807) is 38.1 Å². The number of hydrogen-bond donors (Lipinski definition) is 1. The number of sulfonamides is 1. The Morgan fingerprint density at radius 3 is 2.11 bits per heavy atom. The first-order valence-corrected chi connectivity index (χ1v) is 10.6. The number of halogens is 1. The number of amides is 1. The zero-order valence-corrected chi connectivity index (χ0v) is 16.8. The van der Waals surface area contributed by atoms with Crippen molar-refractivity contribution in [1.82, 2.24) is 5.32 Å². The Morgan fingerprint density at radius 2 is 1.63 bits per heavy atom. The van der Waals surface area contributed by atoms with Gasteiger partial charge in [-0.2, -0.15) is 0 Å². The molecule has 0 aliphatic carbocycles. The van der Waals surface area contributed by atoms with Gasteiger partial charge in [-0.1, -0.05) is 31.2 Å². The summed E-state index contributed by atoms with van der Waals surface area (Å²) in [6.07, 6.45) is 1.91. The van der Waals surface area contributed by atoms with Crippen LogP contribution in [0.5, 0.6) is 0 Å². The van der Waals surface area contributed by atoms with Gasteiger partial charge in [-0.3, -0.25) is 9.10 Å². The Hall–Kier alpha value is -2.41. The van der Waals surface area contributed by atoms with Crippen molar-refractivity contribution in [2.75, 3.05) is 10.6 Å². The second-order valence-corrected chi connectivity index (χ2v) is 8.40. The number of benzene rings is 2. The molecule has 27 heavy (non-hydrogen) atoms. The van der Waals surface area contributed by atoms with Gasteiger partial charge in [-0.25, -0.2) is 12.8 Å². The predicted octanol–water partition coefficient (Wildman–Crippen LogP) is 3.42. The number of carbonyl (C=O) groups excluding carboxylic acids is 1. The molecule has 0 fully saturated rings. The molecule has 1 amide bonds. The highest BCUT2D eigenvalue weighted by Crippen LogP contribution is 2.22. The zero-order valence-electron chi connectivity index (χ0n) is 15.9. The van der Waals surface area contributed by atoms with E-state index in [0.717, 1.165) is 28.1 Å². The maximum atomic E-state index is 13.1. The van der Waals surface area contributed by atoms with Crippen LogP contribution in [0.4, 0.5) is 10.1 Å². The first-order valence-electron chi connectivity index (χ1n) is 8.77. The van der Waals surface area contributed by atoms with Crippen molar-refractivity contribution in [2.24, 2.45) is 0 Å². The van der Waals surface area contributed by atoms with Crippen LogP contribution in [-0.2, 0) is 21.2 Å². The Morgan fingerprint density at radius 1 is 1.07 bits per heavy atom. The molecule has 0 heterocycles. The summed E-state index contributed by atoms with van der Waals surface area (Å²) < 4.78 is 38.8. The number of nitrogens with one attached hydrogen (secondary N) is 1. The molecule has 2 rings (SSSR count). The summed E-state index contributed by atoms with van der Waals surface area (Å²) in [5, 5.41) is 2.79. The molecule has 0 aliphatic rings. The lowest BCUT2D eigenvalue weighted by molar-refractivity contribution is -0.122. The molecular formula is C20H25FN2O3S. The van der Waals surface area contributed by atoms with Crippen LogP contribution >= 0.6 is 0 Å². The van der Waals surface area contributed by atoms with E-state index in [0.29, 0.717) is 5.69 Å². The topological polar surface area (TPSA) is 66.5 Å². The fraction of sp³-hybridized carbons (Fsp3) is 0.350. The third-order valence-corrected chi connectivity index (χ3v) is 5.66. The molecule has 146 valence electrons. The third-order valence-electron chi connectivity index (χ3n) is 4.42. The summed E-state index contributed by atoms with van der Waals surface area (Å²) in [6, 6.07) is 11.6. The van der Waals surface area contributed by atoms with Crippen LogP contribution in [0.25, 0.3) is 0 Å². The number of hydrogen-bond acceptors (Lipinski definition) is 3. The van der Waals surface area contributed by atoms with E-state index in [4.69, 9.17) is 0 Å². The van der Waals surface area contributed by atoms with Crippen molar-refractivity contribution in [3.63, 3.8) is 0 Å². The maximum Gasteiger partial charge on any atom is 0.244 e. The number of carbonyl (C=O) groups is 1. The highest BCUT2D eigenvalue weighted by atomic mass is 32.2. The number of nitrogens with zero attached hydrogens (tertiary/aromatic N) is 1. The zero-order chi connectivity index (χ0) is 20.2. The first kappa shape index (κ1) is 20.9. The Labute approximate surface area is 160 Å². The van der Waals surface area contributed by atoms with E-state index in [-0.39, 0.29) is 11.9 Å². The van der Waals surface area contributed by atoms with E-state index in [9.17, 15) is 17.6 Å². The highest BCUT2D eigenvalue weighted by molar-refractivity contribution is 7.92. The molecule has 0 aliphatic heterocycles. The van der Waals surface area contributed by atoms with Gasteiger partial charge < -0.3 is 5.32 Å². The molecule has 0 saturated heterocycles. The Balaban J connectivity index is 2.22. The van der Waals surface area contributed by atoms with E-state index >= 15 is 0 Å². The lowest BCUT2D eigenvalue weighted by Crippen LogP contribution is -2.48. The lowest BCUT2D eigenvalue weighted by atomic mass is 10.1. The van der Waals surface area contributed by atoms with Crippen molar-refractivity contribution in [1.29, 1.82) is 0 Å². The molecule has 2 aromatic carbocycles. The summed E-state index contributed by atoms with van der Waals surface area (Å²) in [5.74, 6) is -0.791. The van der Waals surface area contributed by atoms with Gasteiger partial charge in [0.1, 0.15) is 11.9 Å². The Kier molecular flexibility index (Phi) is 6.59. The van der Waals surface area contributed by atoms with Gasteiger partial charge in [0.25, 0.3) is 0 Å². The molecule has 0 unspecified atom stereocenters. The molecule has 0 saturated carbocycles. The first-order chi connectivity index (χ1) is 12.6. The molecule has 2 aromatic rings. The van der Waals surface area contributed by atoms with Crippen LogP contribution in [0.3, 0.4) is 0 Å². The molecule has 0 bridgehead atoms. The van der Waals surface area contributed by atoms with E-state index in [2.05, 4.69) is 5.32 Å². The lowest BCUT2D eigenvalue weighted by Gasteiger charge is -2.29. The van der Waals surface area contributed by atoms with Crippen molar-refractivity contribution in [2.45, 2.75) is 39.3 Å². The maximum absolute atomic E-state index is 13.1. The predicted molar refractivity (Wildman–Crippen MR) is 106 cm³/mol. The van der Waals surface area contributed by atoms with Crippen LogP contribution in [0, 0.1) is 5.82 Å². The second kappa shape index (κ2) is 8.52. The number of anilines is 1. The van der Waals surface area contributed by atoms with Gasteiger partial charge in [-0.15, -0.1) is 0 Å². The van der Waals surface area contributed by atoms with Crippen molar-refractivity contribution < 1.29 is 17.6 Å². The van der Waals surface area contributed by atoms with Crippen molar-refractivity contribution in [3.8, 4) is 0 Å². The van der Waals surface area contributed by atoms with Gasteiger partial charge in [0, 0.05) is 0 Å². The summed E-state index contributed by atoms with van der Waals surface area (Å²) in [5.41, 5.74) is 2.25. The minimum Gasteiger partial charge on any atom is -0.348 e. The van der Waals surface area contributed by atoms with E-state index in [1.807, 2.05) is 19.1 Å². The summed E-state index contributed by atoms with van der Waals surface area (Å²) in [7, 11) is -3.66. The summed E-state index contributed by atoms with van der Waals surface area (Å²) in [6.45, 7) is 5.32. The highest BCUT2D eigenvalue weighted by Gasteiger charge is 2.29. The van der Waals surface area contributed by atoms with Crippen LogP contribution in [-0.4, -0.2) is 26.6 Å². The second-order valence-electron chi connectivity index (χ2n) is 6.54. The normalized spacial score (nSPS) is 13.7. The van der Waals surface area contributed by atoms with Crippen molar-refractivity contribution in [3.05, 3.63) is 65.5 Å². The number of aryl methyl sites for hydroxylation is 1. The fourth-order valence-corrected chi connectivity index (χ4v) is 4.03. The smallest absolute Gasteiger partial charge is 0.244 e. The third kappa shape index (κ3) is 5.29. The molecule has 2 atom stereocenters. The molecular weight excluding hydrogens is 367 g/mol. The van der Waals surface area contributed by atoms with E-state index < -0.39 is 22.0 Å². The molecule has 1 N–H and O–H groups in total. The standard InChI is InChI=1S/C20H25FN2O3S/c1-5-16-6-12-19(13-7-16)23(27(4,25)26)15(3)20(24)22-14(2)17-8-10-18(21)11-9-17/h6-15H,5H2,1-4H3,(H,22,24)/t14-,15-/m0/s1. The van der Waals surface area contributed by atoms with Gasteiger partial charge in [0.2, 0.25) is 15.9 Å². The van der Waals surface area contributed by atoms with Crippen LogP contribution in [0.15, 0.2) is 48.5 Å². The quantitative estimate of drug-likeness (QED) is 0.785. The monoisotopic (exact) mass is 392 g/mol. The number of rotatable bonds is 7. The van der Waals surface area contributed by atoms with Crippen LogP contribution < -0.4 is 9.62 Å². The van der Waals surface area contributed by atoms with Crippen LogP contribution in [0.1, 0.15) is 37.9 Å². The summed E-state index contributed by atoms with van der Waals surface area (Å²) >= 11 is 0. The largest absolute Gasteiger partial charge is 0.348 e. The average Bonchev–Trinajstić information content (AvgIpc) is 2.61. The molecule has 0 spiro atoms. The minimum atomic E-state index is -3.66. The molecule has 7 heteroatoms. The average molecular weight is 392 g/mol. The van der Waals surface area contributed by atoms with Gasteiger partial charge in [0.05, 0.1) is 18.0 Å². The van der Waals surface area contributed by atoms with Gasteiger partial charge >= 0.3 is 0 Å². The van der Waals surface area contributed by atoms with E-state index in [1.165, 1.54) is 12.1 Å². The van der Waals surface area contributed by atoms with Crippen molar-refractivity contribution >= 4 is 21.6 Å². The van der Waals surface area contributed by atoms with Crippen LogP contribution in [0.2, 0.25) is 0 Å². The minimum absolute atomic E-state index is 0.357. The Bertz CT molecular complexity index is 880. The van der Waals surface area contributed by atoms with Gasteiger partial charge in [0.15, 0.2) is 0 Å². The SMILES string of the molecule is CCc1ccc(N([C@@H](C)C(=O)N[C@@H](C)c2ccc(F)cc2)S(C)(=O)=O)cc1. The molecule has 0 aromatic heterocycles.